The molecular weight excluding hydrogens is 407 g/mol. The summed E-state index contributed by atoms with van der Waals surface area (Å²) in [6.07, 6.45) is 0.413. The quantitative estimate of drug-likeness (QED) is 0.739. The number of carbonyl (C=O) groups excluding carboxylic acids is 2. The summed E-state index contributed by atoms with van der Waals surface area (Å²) in [6.45, 7) is 8.50. The highest BCUT2D eigenvalue weighted by Crippen LogP contribution is 2.22. The Bertz CT molecular complexity index is 755. The van der Waals surface area contributed by atoms with E-state index < -0.39 is 29.5 Å². The molecule has 9 heteroatoms. The van der Waals surface area contributed by atoms with Gasteiger partial charge in [0, 0.05) is 37.2 Å². The second kappa shape index (κ2) is 9.80. The van der Waals surface area contributed by atoms with Gasteiger partial charge in [-0.15, -0.1) is 12.4 Å². The normalized spacial score (nSPS) is 18.9. The van der Waals surface area contributed by atoms with Gasteiger partial charge >= 0.3 is 0 Å². The molecule has 1 saturated heterocycles. The minimum Gasteiger partial charge on any atom is -0.336 e. The third-order valence-electron chi connectivity index (χ3n) is 5.01. The summed E-state index contributed by atoms with van der Waals surface area (Å²) < 4.78 is 40.2. The summed E-state index contributed by atoms with van der Waals surface area (Å²) in [7, 11) is 0. The van der Waals surface area contributed by atoms with Crippen molar-refractivity contribution in [2.24, 2.45) is 5.73 Å². The van der Waals surface area contributed by atoms with Crippen LogP contribution < -0.4 is 5.73 Å². The van der Waals surface area contributed by atoms with E-state index in [-0.39, 0.29) is 48.2 Å². The van der Waals surface area contributed by atoms with Gasteiger partial charge in [0.05, 0.1) is 0 Å². The van der Waals surface area contributed by atoms with E-state index in [1.54, 1.807) is 11.8 Å². The van der Waals surface area contributed by atoms with E-state index in [0.717, 1.165) is 6.07 Å². The summed E-state index contributed by atoms with van der Waals surface area (Å²) in [5.74, 6) is -3.78. The molecule has 0 aromatic heterocycles. The lowest BCUT2D eigenvalue weighted by molar-refractivity contribution is -0.146. The predicted octanol–water partition coefficient (Wildman–Crippen LogP) is 3.03. The van der Waals surface area contributed by atoms with Crippen molar-refractivity contribution in [3.05, 3.63) is 35.1 Å². The number of hydrogen-bond donors (Lipinski definition) is 1. The molecule has 5 nitrogen and oxygen atoms in total. The van der Waals surface area contributed by atoms with E-state index in [2.05, 4.69) is 0 Å². The number of nitrogens with zero attached hydrogens (tertiary/aromatic N) is 2. The van der Waals surface area contributed by atoms with E-state index in [4.69, 9.17) is 5.73 Å². The Kier molecular flexibility index (Phi) is 8.53. The first-order valence-electron chi connectivity index (χ1n) is 9.41. The minimum absolute atomic E-state index is 0. The Labute approximate surface area is 175 Å². The number of rotatable bonds is 4. The third kappa shape index (κ3) is 6.09. The lowest BCUT2D eigenvalue weighted by Crippen LogP contribution is -2.52. The van der Waals surface area contributed by atoms with Crippen molar-refractivity contribution in [3.63, 3.8) is 0 Å². The van der Waals surface area contributed by atoms with Crippen molar-refractivity contribution in [3.8, 4) is 0 Å². The molecule has 1 aromatic carbocycles. The molecule has 1 fully saturated rings. The molecule has 1 unspecified atom stereocenters. The molecule has 1 aromatic rings. The zero-order valence-electron chi connectivity index (χ0n) is 17.2. The highest BCUT2D eigenvalue weighted by molar-refractivity contribution is 5.88. The van der Waals surface area contributed by atoms with E-state index in [9.17, 15) is 22.8 Å². The Balaban J connectivity index is 0.00000420. The van der Waals surface area contributed by atoms with Gasteiger partial charge < -0.3 is 15.5 Å². The van der Waals surface area contributed by atoms with Gasteiger partial charge in [-0.1, -0.05) is 0 Å². The molecule has 1 aliphatic heterocycles. The molecule has 2 atom stereocenters. The number of hydrogen-bond acceptors (Lipinski definition) is 3. The Morgan fingerprint density at radius 1 is 1.17 bits per heavy atom. The predicted molar refractivity (Wildman–Crippen MR) is 107 cm³/mol. The maximum absolute atomic E-state index is 13.8. The van der Waals surface area contributed by atoms with Gasteiger partial charge in [0.25, 0.3) is 0 Å². The monoisotopic (exact) mass is 435 g/mol. The largest absolute Gasteiger partial charge is 0.336 e. The second-order valence-electron chi connectivity index (χ2n) is 8.30. The zero-order chi connectivity index (χ0) is 21.2. The van der Waals surface area contributed by atoms with Gasteiger partial charge in [0.15, 0.2) is 11.6 Å². The number of carbonyl (C=O) groups is 2. The molecule has 164 valence electrons. The molecule has 1 heterocycles. The van der Waals surface area contributed by atoms with Crippen LogP contribution in [0.15, 0.2) is 12.1 Å². The Morgan fingerprint density at radius 3 is 2.34 bits per heavy atom. The van der Waals surface area contributed by atoms with Crippen LogP contribution in [0.2, 0.25) is 0 Å². The van der Waals surface area contributed by atoms with Crippen LogP contribution in [0.1, 0.15) is 46.1 Å². The van der Waals surface area contributed by atoms with E-state index in [1.807, 2.05) is 20.8 Å². The number of halogens is 4. The molecule has 0 saturated carbocycles. The van der Waals surface area contributed by atoms with Gasteiger partial charge in [0.1, 0.15) is 11.9 Å². The fraction of sp³-hybridized carbons (Fsp3) is 0.600. The summed E-state index contributed by atoms with van der Waals surface area (Å²) in [5, 5.41) is 0. The van der Waals surface area contributed by atoms with Crippen molar-refractivity contribution >= 4 is 24.2 Å². The highest BCUT2D eigenvalue weighted by atomic mass is 35.5. The first-order chi connectivity index (χ1) is 12.9. The maximum atomic E-state index is 13.8. The number of amides is 2. The standard InChI is InChI=1S/C20H28F3N3O2.ClH/c1-12-19(28)26(20(2,3)4)7-5-6-25(12)18(27)10-14(24)8-13-9-16(22)17(23)11-15(13)21;/h9,11-12,14H,5-8,10,24H2,1-4H3;1H/t12-,14?;/m1./s1. The molecule has 2 N–H and O–H groups in total. The average molecular weight is 436 g/mol. The van der Waals surface area contributed by atoms with Gasteiger partial charge in [-0.3, -0.25) is 9.59 Å². The van der Waals surface area contributed by atoms with Crippen LogP contribution in [0, 0.1) is 17.5 Å². The van der Waals surface area contributed by atoms with Crippen molar-refractivity contribution in [2.45, 2.75) is 64.6 Å². The summed E-state index contributed by atoms with van der Waals surface area (Å²) >= 11 is 0. The van der Waals surface area contributed by atoms with Crippen LogP contribution in [-0.2, 0) is 16.0 Å². The summed E-state index contributed by atoms with van der Waals surface area (Å²) in [6, 6.07) is -0.179. The molecule has 0 bridgehead atoms. The number of nitrogens with two attached hydrogens (primary N) is 1. The fourth-order valence-electron chi connectivity index (χ4n) is 3.48. The van der Waals surface area contributed by atoms with Crippen LogP contribution in [0.5, 0.6) is 0 Å². The topological polar surface area (TPSA) is 66.6 Å². The number of benzene rings is 1. The lowest BCUT2D eigenvalue weighted by Gasteiger charge is -2.37. The lowest BCUT2D eigenvalue weighted by atomic mass is 10.0. The van der Waals surface area contributed by atoms with Crippen LogP contribution in [0.3, 0.4) is 0 Å². The van der Waals surface area contributed by atoms with Crippen LogP contribution in [0.4, 0.5) is 13.2 Å². The summed E-state index contributed by atoms with van der Waals surface area (Å²) in [5.41, 5.74) is 5.53. The third-order valence-corrected chi connectivity index (χ3v) is 5.01. The van der Waals surface area contributed by atoms with Crippen molar-refractivity contribution in [2.75, 3.05) is 13.1 Å². The first-order valence-corrected chi connectivity index (χ1v) is 9.41. The molecule has 2 rings (SSSR count). The van der Waals surface area contributed by atoms with Gasteiger partial charge in [0.2, 0.25) is 11.8 Å². The smallest absolute Gasteiger partial charge is 0.245 e. The van der Waals surface area contributed by atoms with Crippen molar-refractivity contribution in [1.29, 1.82) is 0 Å². The Hall–Kier alpha value is -1.80. The zero-order valence-corrected chi connectivity index (χ0v) is 18.0. The van der Waals surface area contributed by atoms with E-state index in [0.29, 0.717) is 25.6 Å². The van der Waals surface area contributed by atoms with Crippen LogP contribution in [0.25, 0.3) is 0 Å². The van der Waals surface area contributed by atoms with E-state index >= 15 is 0 Å². The van der Waals surface area contributed by atoms with Crippen molar-refractivity contribution < 1.29 is 22.8 Å². The Morgan fingerprint density at radius 2 is 1.76 bits per heavy atom. The second-order valence-corrected chi connectivity index (χ2v) is 8.30. The molecule has 1 aliphatic rings. The van der Waals surface area contributed by atoms with Crippen LogP contribution >= 0.6 is 12.4 Å². The maximum Gasteiger partial charge on any atom is 0.245 e. The van der Waals surface area contributed by atoms with Gasteiger partial charge in [-0.25, -0.2) is 13.2 Å². The van der Waals surface area contributed by atoms with Crippen molar-refractivity contribution in [1.82, 2.24) is 9.80 Å². The molecule has 0 radical (unpaired) electrons. The molecule has 2 amide bonds. The molecule has 0 aliphatic carbocycles. The fourth-order valence-corrected chi connectivity index (χ4v) is 3.48. The molecule has 29 heavy (non-hydrogen) atoms. The first kappa shape index (κ1) is 25.2. The summed E-state index contributed by atoms with van der Waals surface area (Å²) in [4.78, 5) is 28.7. The SMILES string of the molecule is C[C@@H]1C(=O)N(C(C)(C)C)CCCN1C(=O)CC(N)Cc1cc(F)c(F)cc1F.Cl. The van der Waals surface area contributed by atoms with Gasteiger partial charge in [-0.05, 0) is 52.2 Å². The molecular formula is C20H29ClF3N3O2. The van der Waals surface area contributed by atoms with E-state index in [1.165, 1.54) is 4.90 Å². The van der Waals surface area contributed by atoms with Crippen LogP contribution in [-0.4, -0.2) is 52.3 Å². The minimum atomic E-state index is -1.27. The molecule has 0 spiro atoms. The van der Waals surface area contributed by atoms with Gasteiger partial charge in [-0.2, -0.15) is 0 Å². The highest BCUT2D eigenvalue weighted by Gasteiger charge is 2.36. The average Bonchev–Trinajstić information content (AvgIpc) is 2.71.